The second-order valence-corrected chi connectivity index (χ2v) is 7.00. The molecule has 0 bridgehead atoms. The maximum Gasteiger partial charge on any atom is 0.321 e. The first-order valence-electron chi connectivity index (χ1n) is 8.95. The maximum absolute atomic E-state index is 12.7. The summed E-state index contributed by atoms with van der Waals surface area (Å²) in [7, 11) is 0. The molecule has 2 aromatic rings. The molecule has 6 heteroatoms. The molecule has 25 heavy (non-hydrogen) atoms. The van der Waals surface area contributed by atoms with Gasteiger partial charge in [0.05, 0.1) is 5.69 Å². The van der Waals surface area contributed by atoms with Crippen LogP contribution in [0.4, 0.5) is 10.5 Å². The fraction of sp³-hybridized carbons (Fsp3) is 0.474. The number of nitrogens with zero attached hydrogens (tertiary/aromatic N) is 3. The molecule has 132 valence electrons. The lowest BCUT2D eigenvalue weighted by Gasteiger charge is -2.20. The number of likely N-dealkylation sites (tertiary alicyclic amines) is 1. The zero-order valence-electron chi connectivity index (χ0n) is 14.5. The smallest absolute Gasteiger partial charge is 0.321 e. The van der Waals surface area contributed by atoms with Crippen LogP contribution in [0.5, 0.6) is 0 Å². The van der Waals surface area contributed by atoms with E-state index in [1.165, 1.54) is 0 Å². The second kappa shape index (κ2) is 6.88. The molecule has 1 N–H and O–H groups in total. The molecule has 6 nitrogen and oxygen atoms in total. The van der Waals surface area contributed by atoms with Crippen LogP contribution in [0.1, 0.15) is 18.4 Å². The summed E-state index contributed by atoms with van der Waals surface area (Å²) in [4.78, 5) is 14.6. The van der Waals surface area contributed by atoms with E-state index < -0.39 is 0 Å². The number of rotatable bonds is 3. The summed E-state index contributed by atoms with van der Waals surface area (Å²) in [5.41, 5.74) is 2.82. The zero-order chi connectivity index (χ0) is 17.2. The average molecular weight is 340 g/mol. The third-order valence-corrected chi connectivity index (χ3v) is 5.38. The van der Waals surface area contributed by atoms with Gasteiger partial charge in [-0.05, 0) is 55.4 Å². The summed E-state index contributed by atoms with van der Waals surface area (Å²) < 4.78 is 7.29. The highest BCUT2D eigenvalue weighted by Gasteiger charge is 2.33. The van der Waals surface area contributed by atoms with Crippen LogP contribution in [0.3, 0.4) is 0 Å². The van der Waals surface area contributed by atoms with Crippen LogP contribution < -0.4 is 5.32 Å². The van der Waals surface area contributed by atoms with Gasteiger partial charge in [0.15, 0.2) is 0 Å². The Hall–Kier alpha value is -2.34. The minimum atomic E-state index is -0.0119. The number of anilines is 1. The number of carbonyl (C=O) groups is 1. The lowest BCUT2D eigenvalue weighted by atomic mass is 9.91. The van der Waals surface area contributed by atoms with E-state index in [0.29, 0.717) is 11.8 Å². The minimum absolute atomic E-state index is 0.0119. The van der Waals surface area contributed by atoms with E-state index in [9.17, 15) is 4.79 Å². The Morgan fingerprint density at radius 2 is 2.24 bits per heavy atom. The van der Waals surface area contributed by atoms with Crippen molar-refractivity contribution in [3.63, 3.8) is 0 Å². The van der Waals surface area contributed by atoms with Gasteiger partial charge in [-0.2, -0.15) is 5.10 Å². The highest BCUT2D eigenvalue weighted by Crippen LogP contribution is 2.30. The first-order chi connectivity index (χ1) is 12.2. The SMILES string of the molecule is Cc1ccc(-n2cccn2)cc1NC(=O)N1CC[C@H]([C@H]2CCOC2)C1. The molecule has 2 aliphatic heterocycles. The summed E-state index contributed by atoms with van der Waals surface area (Å²) in [5.74, 6) is 1.19. The Bertz CT molecular complexity index is 738. The molecule has 0 saturated carbocycles. The molecular weight excluding hydrogens is 316 g/mol. The number of urea groups is 1. The predicted molar refractivity (Wildman–Crippen MR) is 95.9 cm³/mol. The van der Waals surface area contributed by atoms with Crippen molar-refractivity contribution in [2.45, 2.75) is 19.8 Å². The molecule has 1 aromatic heterocycles. The Morgan fingerprint density at radius 3 is 3.00 bits per heavy atom. The van der Waals surface area contributed by atoms with E-state index in [4.69, 9.17) is 4.74 Å². The number of hydrogen-bond donors (Lipinski definition) is 1. The number of carbonyl (C=O) groups excluding carboxylic acids is 1. The summed E-state index contributed by atoms with van der Waals surface area (Å²) in [5, 5.41) is 7.33. The van der Waals surface area contributed by atoms with Gasteiger partial charge in [0, 0.05) is 44.4 Å². The Morgan fingerprint density at radius 1 is 1.32 bits per heavy atom. The fourth-order valence-electron chi connectivity index (χ4n) is 3.78. The molecule has 1 aromatic carbocycles. The highest BCUT2D eigenvalue weighted by molar-refractivity contribution is 5.90. The van der Waals surface area contributed by atoms with Crippen molar-refractivity contribution in [1.29, 1.82) is 0 Å². The van der Waals surface area contributed by atoms with Crippen LogP contribution in [0.25, 0.3) is 5.69 Å². The number of benzene rings is 1. The minimum Gasteiger partial charge on any atom is -0.381 e. The Kier molecular flexibility index (Phi) is 4.44. The Balaban J connectivity index is 1.43. The first kappa shape index (κ1) is 16.1. The number of hydrogen-bond acceptors (Lipinski definition) is 3. The molecule has 2 atom stereocenters. The fourth-order valence-corrected chi connectivity index (χ4v) is 3.78. The maximum atomic E-state index is 12.7. The van der Waals surface area contributed by atoms with Gasteiger partial charge < -0.3 is 15.0 Å². The Labute approximate surface area is 147 Å². The van der Waals surface area contributed by atoms with Gasteiger partial charge in [-0.15, -0.1) is 0 Å². The summed E-state index contributed by atoms with van der Waals surface area (Å²) in [6, 6.07) is 7.86. The van der Waals surface area contributed by atoms with Gasteiger partial charge in [0.2, 0.25) is 0 Å². The summed E-state index contributed by atoms with van der Waals surface area (Å²) in [6.07, 6.45) is 5.85. The van der Waals surface area contributed by atoms with Crippen molar-refractivity contribution in [1.82, 2.24) is 14.7 Å². The molecular formula is C19H24N4O2. The van der Waals surface area contributed by atoms with Crippen LogP contribution in [-0.4, -0.2) is 47.0 Å². The van der Waals surface area contributed by atoms with Gasteiger partial charge >= 0.3 is 6.03 Å². The predicted octanol–water partition coefficient (Wildman–Crippen LogP) is 3.07. The second-order valence-electron chi connectivity index (χ2n) is 7.00. The number of ether oxygens (including phenoxy) is 1. The molecule has 0 radical (unpaired) electrons. The third kappa shape index (κ3) is 3.39. The van der Waals surface area contributed by atoms with Crippen LogP contribution in [0, 0.1) is 18.8 Å². The van der Waals surface area contributed by atoms with Gasteiger partial charge in [0.1, 0.15) is 0 Å². The van der Waals surface area contributed by atoms with E-state index in [-0.39, 0.29) is 6.03 Å². The summed E-state index contributed by atoms with van der Waals surface area (Å²) in [6.45, 7) is 5.38. The monoisotopic (exact) mass is 340 g/mol. The first-order valence-corrected chi connectivity index (χ1v) is 8.95. The van der Waals surface area contributed by atoms with E-state index >= 15 is 0 Å². The van der Waals surface area contributed by atoms with Gasteiger partial charge in [-0.1, -0.05) is 6.07 Å². The van der Waals surface area contributed by atoms with Crippen LogP contribution in [0.2, 0.25) is 0 Å². The van der Waals surface area contributed by atoms with Crippen LogP contribution in [0.15, 0.2) is 36.7 Å². The molecule has 0 spiro atoms. The summed E-state index contributed by atoms with van der Waals surface area (Å²) >= 11 is 0. The molecule has 0 unspecified atom stereocenters. The number of nitrogens with one attached hydrogen (secondary N) is 1. The lowest BCUT2D eigenvalue weighted by Crippen LogP contribution is -2.34. The average Bonchev–Trinajstić information content (AvgIpc) is 3.37. The molecule has 2 fully saturated rings. The van der Waals surface area contributed by atoms with Crippen molar-refractivity contribution in [3.8, 4) is 5.69 Å². The van der Waals surface area contributed by atoms with Crippen LogP contribution >= 0.6 is 0 Å². The van der Waals surface area contributed by atoms with Gasteiger partial charge in [-0.25, -0.2) is 9.48 Å². The standard InChI is InChI=1S/C19H24N4O2/c1-14-3-4-17(23-8-2-7-20-23)11-18(14)21-19(24)22-9-5-15(12-22)16-6-10-25-13-16/h2-4,7-8,11,15-16H,5-6,9-10,12-13H2,1H3,(H,21,24)/t15-,16-/m0/s1. The highest BCUT2D eigenvalue weighted by atomic mass is 16.5. The third-order valence-electron chi connectivity index (χ3n) is 5.38. The molecule has 3 heterocycles. The van der Waals surface area contributed by atoms with Crippen LogP contribution in [-0.2, 0) is 4.74 Å². The number of aryl methyl sites for hydroxylation is 1. The van der Waals surface area contributed by atoms with E-state index in [1.54, 1.807) is 10.9 Å². The lowest BCUT2D eigenvalue weighted by molar-refractivity contribution is 0.171. The molecule has 0 aliphatic carbocycles. The quantitative estimate of drug-likeness (QED) is 0.934. The van der Waals surface area contributed by atoms with E-state index in [2.05, 4.69) is 10.4 Å². The normalized spacial score (nSPS) is 23.2. The van der Waals surface area contributed by atoms with Crippen molar-refractivity contribution in [2.75, 3.05) is 31.6 Å². The molecule has 2 aliphatic rings. The van der Waals surface area contributed by atoms with Crippen molar-refractivity contribution in [2.24, 2.45) is 11.8 Å². The van der Waals surface area contributed by atoms with E-state index in [0.717, 1.165) is 56.1 Å². The van der Waals surface area contributed by atoms with Crippen molar-refractivity contribution in [3.05, 3.63) is 42.2 Å². The van der Waals surface area contributed by atoms with Crippen molar-refractivity contribution < 1.29 is 9.53 Å². The number of amides is 2. The molecule has 2 amide bonds. The van der Waals surface area contributed by atoms with E-state index in [1.807, 2.05) is 42.3 Å². The van der Waals surface area contributed by atoms with Gasteiger partial charge in [-0.3, -0.25) is 0 Å². The number of aromatic nitrogens is 2. The molecule has 2 saturated heterocycles. The topological polar surface area (TPSA) is 59.4 Å². The van der Waals surface area contributed by atoms with Crippen molar-refractivity contribution >= 4 is 11.7 Å². The largest absolute Gasteiger partial charge is 0.381 e. The van der Waals surface area contributed by atoms with Gasteiger partial charge in [0.25, 0.3) is 0 Å². The molecule has 4 rings (SSSR count). The zero-order valence-corrected chi connectivity index (χ0v) is 14.5.